The summed E-state index contributed by atoms with van der Waals surface area (Å²) in [5, 5.41) is 15.4. The summed E-state index contributed by atoms with van der Waals surface area (Å²) in [5.41, 5.74) is 3.99. The number of rotatable bonds is 12. The maximum atomic E-state index is 10.9. The highest BCUT2D eigenvalue weighted by Crippen LogP contribution is 2.34. The van der Waals surface area contributed by atoms with Gasteiger partial charge in [-0.15, -0.1) is 0 Å². The van der Waals surface area contributed by atoms with Crippen LogP contribution in [0.25, 0.3) is 11.3 Å². The summed E-state index contributed by atoms with van der Waals surface area (Å²) >= 11 is 0. The number of hydrogen-bond donors (Lipinski definition) is 1. The van der Waals surface area contributed by atoms with Crippen molar-refractivity contribution in [2.24, 2.45) is 0 Å². The molecule has 36 heavy (non-hydrogen) atoms. The molecule has 0 bridgehead atoms. The summed E-state index contributed by atoms with van der Waals surface area (Å²) < 4.78 is 17.4. The standard InChI is InChI=1S/C29H33N3O4/c33-25(22-34-21-23-10-3-1-4-11-23)18-31(19-26-14-9-17-35-26)20-27-28(24-12-5-2-6-13-24)30-36-29(27)32-15-7-8-16-32/h1-6,9-14,17,25,33H,7-8,15-16,18-22H2. The molecule has 2 aromatic carbocycles. The van der Waals surface area contributed by atoms with E-state index in [1.54, 1.807) is 6.26 Å². The quantitative estimate of drug-likeness (QED) is 0.297. The van der Waals surface area contributed by atoms with E-state index >= 15 is 0 Å². The van der Waals surface area contributed by atoms with Crippen LogP contribution in [-0.4, -0.2) is 47.5 Å². The lowest BCUT2D eigenvalue weighted by Crippen LogP contribution is -2.34. The SMILES string of the molecule is OC(COCc1ccccc1)CN(Cc1ccco1)Cc1c(-c2ccccc2)noc1N1CCCC1. The third kappa shape index (κ3) is 6.23. The Bertz CT molecular complexity index is 1170. The number of hydrogen-bond acceptors (Lipinski definition) is 7. The van der Waals surface area contributed by atoms with E-state index in [0.29, 0.717) is 26.2 Å². The first-order valence-electron chi connectivity index (χ1n) is 12.6. The smallest absolute Gasteiger partial charge is 0.232 e. The second kappa shape index (κ2) is 12.0. The third-order valence-electron chi connectivity index (χ3n) is 6.44. The van der Waals surface area contributed by atoms with Crippen molar-refractivity contribution in [2.45, 2.75) is 38.6 Å². The number of aliphatic hydroxyl groups excluding tert-OH is 1. The fraction of sp³-hybridized carbons (Fsp3) is 0.345. The van der Waals surface area contributed by atoms with Gasteiger partial charge in [0.25, 0.3) is 0 Å². The largest absolute Gasteiger partial charge is 0.468 e. The minimum atomic E-state index is -0.654. The molecule has 7 heteroatoms. The van der Waals surface area contributed by atoms with Gasteiger partial charge >= 0.3 is 0 Å². The van der Waals surface area contributed by atoms with Gasteiger partial charge in [-0.2, -0.15) is 0 Å². The molecule has 3 heterocycles. The first-order valence-corrected chi connectivity index (χ1v) is 12.6. The highest BCUT2D eigenvalue weighted by atomic mass is 16.5. The summed E-state index contributed by atoms with van der Waals surface area (Å²) in [6, 6.07) is 24.0. The van der Waals surface area contributed by atoms with Crippen molar-refractivity contribution in [3.63, 3.8) is 0 Å². The number of nitrogens with zero attached hydrogens (tertiary/aromatic N) is 3. The van der Waals surface area contributed by atoms with Gasteiger partial charge in [0.1, 0.15) is 11.5 Å². The van der Waals surface area contributed by atoms with Gasteiger partial charge in [0, 0.05) is 31.7 Å². The van der Waals surface area contributed by atoms with Crippen molar-refractivity contribution in [2.75, 3.05) is 31.1 Å². The maximum absolute atomic E-state index is 10.9. The molecular weight excluding hydrogens is 454 g/mol. The molecule has 0 amide bonds. The predicted octanol–water partition coefficient (Wildman–Crippen LogP) is 5.11. The van der Waals surface area contributed by atoms with Gasteiger partial charge in [0.2, 0.25) is 5.88 Å². The van der Waals surface area contributed by atoms with Crippen LogP contribution in [0.1, 0.15) is 29.7 Å². The van der Waals surface area contributed by atoms with Crippen molar-refractivity contribution in [1.82, 2.24) is 10.1 Å². The van der Waals surface area contributed by atoms with Crippen LogP contribution in [0.15, 0.2) is 88.0 Å². The molecule has 0 aliphatic carbocycles. The van der Waals surface area contributed by atoms with Crippen molar-refractivity contribution < 1.29 is 18.8 Å². The third-order valence-corrected chi connectivity index (χ3v) is 6.44. The molecule has 1 unspecified atom stereocenters. The number of furan rings is 1. The summed E-state index contributed by atoms with van der Waals surface area (Å²) in [6.07, 6.45) is 3.32. The van der Waals surface area contributed by atoms with Crippen molar-refractivity contribution in [1.29, 1.82) is 0 Å². The molecule has 1 N–H and O–H groups in total. The van der Waals surface area contributed by atoms with E-state index in [2.05, 4.69) is 27.1 Å². The molecule has 1 atom stereocenters. The zero-order chi connectivity index (χ0) is 24.6. The Hall–Kier alpha value is -3.39. The van der Waals surface area contributed by atoms with Gasteiger partial charge in [0.15, 0.2) is 0 Å². The Morgan fingerprint density at radius 1 is 0.944 bits per heavy atom. The van der Waals surface area contributed by atoms with Crippen molar-refractivity contribution in [3.8, 4) is 11.3 Å². The topological polar surface area (TPSA) is 75.1 Å². The zero-order valence-electron chi connectivity index (χ0n) is 20.5. The molecule has 1 aliphatic rings. The fourth-order valence-electron chi connectivity index (χ4n) is 4.70. The Labute approximate surface area is 211 Å². The van der Waals surface area contributed by atoms with Crippen LogP contribution in [0, 0.1) is 0 Å². The van der Waals surface area contributed by atoms with Gasteiger partial charge < -0.3 is 23.7 Å². The monoisotopic (exact) mass is 487 g/mol. The predicted molar refractivity (Wildman–Crippen MR) is 138 cm³/mol. The highest BCUT2D eigenvalue weighted by molar-refractivity contribution is 5.68. The lowest BCUT2D eigenvalue weighted by Gasteiger charge is -2.25. The number of aliphatic hydroxyl groups is 1. The Morgan fingerprint density at radius 3 is 2.42 bits per heavy atom. The average molecular weight is 488 g/mol. The first-order chi connectivity index (χ1) is 17.8. The highest BCUT2D eigenvalue weighted by Gasteiger charge is 2.27. The van der Waals surface area contributed by atoms with Gasteiger partial charge in [-0.1, -0.05) is 65.8 Å². The number of anilines is 1. The minimum absolute atomic E-state index is 0.248. The van der Waals surface area contributed by atoms with E-state index < -0.39 is 6.10 Å². The van der Waals surface area contributed by atoms with Gasteiger partial charge in [-0.05, 0) is 30.5 Å². The van der Waals surface area contributed by atoms with Crippen LogP contribution in [0.2, 0.25) is 0 Å². The molecule has 2 aromatic heterocycles. The summed E-state index contributed by atoms with van der Waals surface area (Å²) in [4.78, 5) is 4.45. The fourth-order valence-corrected chi connectivity index (χ4v) is 4.70. The number of aromatic nitrogens is 1. The van der Waals surface area contributed by atoms with Crippen LogP contribution in [-0.2, 0) is 24.4 Å². The zero-order valence-corrected chi connectivity index (χ0v) is 20.5. The maximum Gasteiger partial charge on any atom is 0.232 e. The van der Waals surface area contributed by atoms with Crippen LogP contribution in [0.3, 0.4) is 0 Å². The molecule has 1 saturated heterocycles. The summed E-state index contributed by atoms with van der Waals surface area (Å²) in [5.74, 6) is 1.67. The first kappa shape index (κ1) is 24.3. The molecule has 4 aromatic rings. The van der Waals surface area contributed by atoms with Gasteiger partial charge in [-0.3, -0.25) is 4.90 Å². The second-order valence-electron chi connectivity index (χ2n) is 9.28. The van der Waals surface area contributed by atoms with Gasteiger partial charge in [0.05, 0.1) is 37.7 Å². The molecule has 7 nitrogen and oxygen atoms in total. The molecule has 1 aliphatic heterocycles. The van der Waals surface area contributed by atoms with E-state index in [1.165, 1.54) is 0 Å². The van der Waals surface area contributed by atoms with E-state index in [4.69, 9.17) is 13.7 Å². The summed E-state index contributed by atoms with van der Waals surface area (Å²) in [6.45, 7) is 4.19. The number of ether oxygens (including phenoxy) is 1. The Kier molecular flexibility index (Phi) is 8.13. The number of benzene rings is 2. The second-order valence-corrected chi connectivity index (χ2v) is 9.28. The van der Waals surface area contributed by atoms with E-state index in [9.17, 15) is 5.11 Å². The van der Waals surface area contributed by atoms with Gasteiger partial charge in [-0.25, -0.2) is 0 Å². The summed E-state index contributed by atoms with van der Waals surface area (Å²) in [7, 11) is 0. The normalized spacial score (nSPS) is 14.6. The van der Waals surface area contributed by atoms with Crippen LogP contribution < -0.4 is 4.90 Å². The lowest BCUT2D eigenvalue weighted by molar-refractivity contribution is 0.00616. The molecule has 1 fully saturated rings. The van der Waals surface area contributed by atoms with E-state index in [1.807, 2.05) is 60.7 Å². The van der Waals surface area contributed by atoms with Crippen LogP contribution in [0.5, 0.6) is 0 Å². The Balaban J connectivity index is 1.34. The molecule has 0 spiro atoms. The van der Waals surface area contributed by atoms with Crippen LogP contribution >= 0.6 is 0 Å². The molecule has 188 valence electrons. The van der Waals surface area contributed by atoms with Crippen molar-refractivity contribution >= 4 is 5.88 Å². The minimum Gasteiger partial charge on any atom is -0.468 e. The molecular formula is C29H33N3O4. The molecule has 0 radical (unpaired) electrons. The average Bonchev–Trinajstić information content (AvgIpc) is 3.68. The van der Waals surface area contributed by atoms with E-state index in [0.717, 1.165) is 60.0 Å². The van der Waals surface area contributed by atoms with Crippen LogP contribution in [0.4, 0.5) is 5.88 Å². The van der Waals surface area contributed by atoms with E-state index in [-0.39, 0.29) is 6.61 Å². The molecule has 5 rings (SSSR count). The van der Waals surface area contributed by atoms with Crippen molar-refractivity contribution in [3.05, 3.63) is 95.9 Å². The lowest BCUT2D eigenvalue weighted by atomic mass is 10.1. The Morgan fingerprint density at radius 2 is 1.69 bits per heavy atom. The molecule has 0 saturated carbocycles.